The fraction of sp³-hybridized carbons (Fsp3) is 0.480. The van der Waals surface area contributed by atoms with Gasteiger partial charge in [0.15, 0.2) is 6.10 Å². The van der Waals surface area contributed by atoms with Gasteiger partial charge >= 0.3 is 0 Å². The maximum atomic E-state index is 13.1. The number of anilines is 1. The predicted molar refractivity (Wildman–Crippen MR) is 122 cm³/mol. The average Bonchev–Trinajstić information content (AvgIpc) is 2.76. The predicted octanol–water partition coefficient (Wildman–Crippen LogP) is 4.50. The molecule has 0 unspecified atom stereocenters. The summed E-state index contributed by atoms with van der Waals surface area (Å²) in [5, 5.41) is 0. The van der Waals surface area contributed by atoms with Crippen LogP contribution in [-0.4, -0.2) is 50.2 Å². The van der Waals surface area contributed by atoms with Crippen molar-refractivity contribution in [2.45, 2.75) is 45.6 Å². The number of methoxy groups -OCH3 is 1. The summed E-state index contributed by atoms with van der Waals surface area (Å²) in [6, 6.07) is 16.1. The van der Waals surface area contributed by atoms with E-state index in [4.69, 9.17) is 9.47 Å². The molecular weight excluding hydrogens is 376 g/mol. The van der Waals surface area contributed by atoms with E-state index in [1.165, 1.54) is 5.56 Å². The Hall–Kier alpha value is -2.69. The number of hydrogen-bond acceptors (Lipinski definition) is 4. The largest absolute Gasteiger partial charge is 0.495 e. The smallest absolute Gasteiger partial charge is 0.263 e. The zero-order chi connectivity index (χ0) is 21.7. The van der Waals surface area contributed by atoms with Gasteiger partial charge in [0.25, 0.3) is 5.91 Å². The van der Waals surface area contributed by atoms with E-state index in [1.54, 1.807) is 7.11 Å². The minimum atomic E-state index is -0.455. The zero-order valence-electron chi connectivity index (χ0n) is 18.9. The maximum Gasteiger partial charge on any atom is 0.263 e. The third kappa shape index (κ3) is 5.07. The van der Waals surface area contributed by atoms with Crippen LogP contribution in [0.1, 0.15) is 39.7 Å². The molecule has 5 nitrogen and oxygen atoms in total. The molecule has 0 saturated carbocycles. The highest BCUT2D eigenvalue weighted by atomic mass is 16.5. The van der Waals surface area contributed by atoms with E-state index >= 15 is 0 Å². The van der Waals surface area contributed by atoms with Crippen molar-refractivity contribution >= 4 is 11.6 Å². The molecule has 0 aliphatic carbocycles. The fourth-order valence-corrected chi connectivity index (χ4v) is 3.77. The summed E-state index contributed by atoms with van der Waals surface area (Å²) in [4.78, 5) is 17.3. The highest BCUT2D eigenvalue weighted by Crippen LogP contribution is 2.29. The number of hydrogen-bond donors (Lipinski definition) is 0. The molecule has 0 spiro atoms. The van der Waals surface area contributed by atoms with E-state index in [0.717, 1.165) is 30.3 Å². The van der Waals surface area contributed by atoms with Gasteiger partial charge in [0.05, 0.1) is 12.8 Å². The number of ether oxygens (including phenoxy) is 2. The van der Waals surface area contributed by atoms with Crippen LogP contribution in [-0.2, 0) is 10.2 Å². The Kier molecular flexibility index (Phi) is 6.91. The van der Waals surface area contributed by atoms with E-state index in [1.807, 2.05) is 42.2 Å². The van der Waals surface area contributed by atoms with Crippen LogP contribution >= 0.6 is 0 Å². The first-order valence-corrected chi connectivity index (χ1v) is 10.8. The van der Waals surface area contributed by atoms with Gasteiger partial charge in [-0.2, -0.15) is 0 Å². The lowest BCUT2D eigenvalue weighted by Gasteiger charge is -2.37. The van der Waals surface area contributed by atoms with Gasteiger partial charge in [0, 0.05) is 26.2 Å². The van der Waals surface area contributed by atoms with Crippen LogP contribution < -0.4 is 14.4 Å². The summed E-state index contributed by atoms with van der Waals surface area (Å²) in [6.07, 6.45) is 0.190. The molecule has 1 aliphatic rings. The van der Waals surface area contributed by atoms with Gasteiger partial charge in [-0.05, 0) is 41.7 Å². The normalized spacial score (nSPS) is 15.6. The Morgan fingerprint density at radius 2 is 1.63 bits per heavy atom. The molecule has 1 aliphatic heterocycles. The molecule has 1 saturated heterocycles. The monoisotopic (exact) mass is 410 g/mol. The number of carbonyl (C=O) groups is 1. The van der Waals surface area contributed by atoms with Gasteiger partial charge in [-0.15, -0.1) is 0 Å². The Bertz CT molecular complexity index is 834. The van der Waals surface area contributed by atoms with Gasteiger partial charge in [-0.3, -0.25) is 4.79 Å². The number of rotatable bonds is 6. The standard InChI is InChI=1S/C25H34N2O3/c1-6-22(30-20-13-11-19(12-14-20)25(2,3)4)24(28)27-17-15-26(16-18-27)21-9-7-8-10-23(21)29-5/h7-14,22H,6,15-18H2,1-5H3/t22-/m1/s1. The quantitative estimate of drug-likeness (QED) is 0.703. The highest BCUT2D eigenvalue weighted by Gasteiger charge is 2.28. The number of benzene rings is 2. The lowest BCUT2D eigenvalue weighted by atomic mass is 9.87. The number of para-hydroxylation sites is 2. The third-order valence-corrected chi connectivity index (χ3v) is 5.66. The van der Waals surface area contributed by atoms with Gasteiger partial charge in [0.2, 0.25) is 0 Å². The molecule has 1 heterocycles. The second-order valence-corrected chi connectivity index (χ2v) is 8.77. The molecule has 30 heavy (non-hydrogen) atoms. The summed E-state index contributed by atoms with van der Waals surface area (Å²) < 4.78 is 11.6. The molecule has 3 rings (SSSR count). The topological polar surface area (TPSA) is 42.0 Å². The minimum Gasteiger partial charge on any atom is -0.495 e. The number of carbonyl (C=O) groups excluding carboxylic acids is 1. The Balaban J connectivity index is 1.60. The number of nitrogens with zero attached hydrogens (tertiary/aromatic N) is 2. The summed E-state index contributed by atoms with van der Waals surface area (Å²) in [6.45, 7) is 11.5. The molecule has 0 radical (unpaired) electrons. The molecule has 1 atom stereocenters. The maximum absolute atomic E-state index is 13.1. The van der Waals surface area contributed by atoms with E-state index in [2.05, 4.69) is 43.9 Å². The van der Waals surface area contributed by atoms with E-state index in [9.17, 15) is 4.79 Å². The Labute approximate surface area is 180 Å². The highest BCUT2D eigenvalue weighted by molar-refractivity contribution is 5.81. The summed E-state index contributed by atoms with van der Waals surface area (Å²) in [5.41, 5.74) is 2.43. The van der Waals surface area contributed by atoms with Crippen LogP contribution in [0.15, 0.2) is 48.5 Å². The van der Waals surface area contributed by atoms with Gasteiger partial charge in [-0.1, -0.05) is 52.0 Å². The van der Waals surface area contributed by atoms with Crippen molar-refractivity contribution in [3.05, 3.63) is 54.1 Å². The Morgan fingerprint density at radius 3 is 2.20 bits per heavy atom. The second kappa shape index (κ2) is 9.41. The van der Waals surface area contributed by atoms with Crippen molar-refractivity contribution in [2.75, 3.05) is 38.2 Å². The van der Waals surface area contributed by atoms with Crippen molar-refractivity contribution in [1.29, 1.82) is 0 Å². The molecule has 1 fully saturated rings. The molecule has 0 aromatic heterocycles. The first-order chi connectivity index (χ1) is 14.3. The van der Waals surface area contributed by atoms with Crippen LogP contribution in [0.4, 0.5) is 5.69 Å². The van der Waals surface area contributed by atoms with E-state index in [-0.39, 0.29) is 11.3 Å². The SMILES string of the molecule is CC[C@@H](Oc1ccc(C(C)(C)C)cc1)C(=O)N1CCN(c2ccccc2OC)CC1. The molecule has 0 bridgehead atoms. The molecular formula is C25H34N2O3. The van der Waals surface area contributed by atoms with Crippen molar-refractivity contribution in [1.82, 2.24) is 4.90 Å². The van der Waals surface area contributed by atoms with Crippen LogP contribution in [0.3, 0.4) is 0 Å². The molecule has 5 heteroatoms. The van der Waals surface area contributed by atoms with E-state index < -0.39 is 6.10 Å². The van der Waals surface area contributed by atoms with Crippen LogP contribution in [0.25, 0.3) is 0 Å². The van der Waals surface area contributed by atoms with E-state index in [0.29, 0.717) is 19.5 Å². The fourth-order valence-electron chi connectivity index (χ4n) is 3.77. The first-order valence-electron chi connectivity index (χ1n) is 10.8. The zero-order valence-corrected chi connectivity index (χ0v) is 18.9. The van der Waals surface area contributed by atoms with Crippen LogP contribution in [0.5, 0.6) is 11.5 Å². The Morgan fingerprint density at radius 1 is 1.00 bits per heavy atom. The van der Waals surface area contributed by atoms with Crippen LogP contribution in [0.2, 0.25) is 0 Å². The molecule has 2 aromatic rings. The molecule has 2 aromatic carbocycles. The number of amides is 1. The first kappa shape index (κ1) is 22.0. The molecule has 0 N–H and O–H groups in total. The minimum absolute atomic E-state index is 0.0667. The molecule has 1 amide bonds. The van der Waals surface area contributed by atoms with Crippen molar-refractivity contribution in [3.8, 4) is 11.5 Å². The van der Waals surface area contributed by atoms with Gasteiger partial charge < -0.3 is 19.3 Å². The van der Waals surface area contributed by atoms with Crippen molar-refractivity contribution in [3.63, 3.8) is 0 Å². The van der Waals surface area contributed by atoms with Gasteiger partial charge in [-0.25, -0.2) is 0 Å². The second-order valence-electron chi connectivity index (χ2n) is 8.77. The van der Waals surface area contributed by atoms with Gasteiger partial charge in [0.1, 0.15) is 11.5 Å². The number of piperazine rings is 1. The lowest BCUT2D eigenvalue weighted by molar-refractivity contribution is -0.139. The molecule has 162 valence electrons. The third-order valence-electron chi connectivity index (χ3n) is 5.66. The van der Waals surface area contributed by atoms with Crippen molar-refractivity contribution in [2.24, 2.45) is 0 Å². The average molecular weight is 411 g/mol. The summed E-state index contributed by atoms with van der Waals surface area (Å²) in [5.74, 6) is 1.68. The lowest BCUT2D eigenvalue weighted by Crippen LogP contribution is -2.52. The van der Waals surface area contributed by atoms with Crippen LogP contribution in [0, 0.1) is 0 Å². The van der Waals surface area contributed by atoms with Crippen molar-refractivity contribution < 1.29 is 14.3 Å². The summed E-state index contributed by atoms with van der Waals surface area (Å²) in [7, 11) is 1.69. The summed E-state index contributed by atoms with van der Waals surface area (Å²) >= 11 is 0.